The van der Waals surface area contributed by atoms with Crippen molar-refractivity contribution in [2.24, 2.45) is 0 Å². The second kappa shape index (κ2) is 2.91. The van der Waals surface area contributed by atoms with Gasteiger partial charge in [0, 0.05) is 0 Å². The molecule has 0 aliphatic carbocycles. The van der Waals surface area contributed by atoms with Gasteiger partial charge in [-0.25, -0.2) is 0 Å². The molecule has 1 aromatic rings. The van der Waals surface area contributed by atoms with Crippen LogP contribution in [0.3, 0.4) is 0 Å². The SMILES string of the molecule is Brc1noc([C@@H]2CCCN2)n1. The number of halogens is 1. The van der Waals surface area contributed by atoms with Crippen molar-refractivity contribution in [2.75, 3.05) is 6.54 Å². The molecule has 0 aromatic carbocycles. The topological polar surface area (TPSA) is 51.0 Å². The Morgan fingerprint density at radius 1 is 1.64 bits per heavy atom. The molecule has 0 saturated carbocycles. The van der Waals surface area contributed by atoms with Crippen LogP contribution in [0.1, 0.15) is 24.8 Å². The fourth-order valence-electron chi connectivity index (χ4n) is 1.25. The first-order valence-electron chi connectivity index (χ1n) is 3.59. The summed E-state index contributed by atoms with van der Waals surface area (Å²) in [6, 6.07) is 0.272. The largest absolute Gasteiger partial charge is 0.337 e. The quantitative estimate of drug-likeness (QED) is 0.770. The molecule has 1 N–H and O–H groups in total. The van der Waals surface area contributed by atoms with E-state index in [4.69, 9.17) is 4.52 Å². The Kier molecular flexibility index (Phi) is 1.91. The van der Waals surface area contributed by atoms with Crippen LogP contribution >= 0.6 is 15.9 Å². The van der Waals surface area contributed by atoms with Crippen molar-refractivity contribution in [1.29, 1.82) is 0 Å². The van der Waals surface area contributed by atoms with Crippen molar-refractivity contribution in [3.05, 3.63) is 10.6 Å². The van der Waals surface area contributed by atoms with Gasteiger partial charge in [-0.3, -0.25) is 0 Å². The third-order valence-electron chi connectivity index (χ3n) is 1.78. The van der Waals surface area contributed by atoms with Crippen LogP contribution in [0.5, 0.6) is 0 Å². The maximum Gasteiger partial charge on any atom is 0.244 e. The zero-order chi connectivity index (χ0) is 7.68. The van der Waals surface area contributed by atoms with Gasteiger partial charge in [-0.2, -0.15) is 4.98 Å². The van der Waals surface area contributed by atoms with E-state index in [1.807, 2.05) is 0 Å². The van der Waals surface area contributed by atoms with Gasteiger partial charge in [0.05, 0.1) is 6.04 Å². The minimum atomic E-state index is 0.272. The molecule has 0 bridgehead atoms. The van der Waals surface area contributed by atoms with Gasteiger partial charge in [0.25, 0.3) is 0 Å². The summed E-state index contributed by atoms with van der Waals surface area (Å²) < 4.78 is 5.51. The fourth-order valence-corrected chi connectivity index (χ4v) is 1.50. The zero-order valence-corrected chi connectivity index (χ0v) is 7.47. The highest BCUT2D eigenvalue weighted by molar-refractivity contribution is 9.10. The summed E-state index contributed by atoms with van der Waals surface area (Å²) in [4.78, 5) is 4.07. The molecule has 0 spiro atoms. The second-order valence-corrected chi connectivity index (χ2v) is 3.26. The highest BCUT2D eigenvalue weighted by Crippen LogP contribution is 2.21. The smallest absolute Gasteiger partial charge is 0.244 e. The highest BCUT2D eigenvalue weighted by Gasteiger charge is 2.21. The molecule has 11 heavy (non-hydrogen) atoms. The lowest BCUT2D eigenvalue weighted by atomic mass is 10.2. The first-order chi connectivity index (χ1) is 5.36. The Bertz CT molecular complexity index is 244. The van der Waals surface area contributed by atoms with E-state index in [1.165, 1.54) is 6.42 Å². The summed E-state index contributed by atoms with van der Waals surface area (Å²) in [6.07, 6.45) is 2.28. The van der Waals surface area contributed by atoms with Gasteiger partial charge in [-0.1, -0.05) is 0 Å². The van der Waals surface area contributed by atoms with Crippen LogP contribution in [0.4, 0.5) is 0 Å². The monoisotopic (exact) mass is 217 g/mol. The molecule has 1 fully saturated rings. The summed E-state index contributed by atoms with van der Waals surface area (Å²) in [7, 11) is 0. The Hall–Kier alpha value is -0.420. The van der Waals surface area contributed by atoms with Crippen molar-refractivity contribution in [3.63, 3.8) is 0 Å². The highest BCUT2D eigenvalue weighted by atomic mass is 79.9. The molecule has 4 nitrogen and oxygen atoms in total. The van der Waals surface area contributed by atoms with Crippen LogP contribution in [0.2, 0.25) is 0 Å². The second-order valence-electron chi connectivity index (χ2n) is 2.55. The standard InChI is InChI=1S/C6H8BrN3O/c7-6-9-5(11-10-6)4-2-1-3-8-4/h4,8H,1-3H2/t4-/m0/s1. The lowest BCUT2D eigenvalue weighted by Crippen LogP contribution is -2.12. The third kappa shape index (κ3) is 1.44. The van der Waals surface area contributed by atoms with Crippen LogP contribution in [0.25, 0.3) is 0 Å². The van der Waals surface area contributed by atoms with E-state index in [0.29, 0.717) is 10.6 Å². The number of rotatable bonds is 1. The zero-order valence-electron chi connectivity index (χ0n) is 5.88. The third-order valence-corrected chi connectivity index (χ3v) is 2.10. The molecule has 2 rings (SSSR count). The van der Waals surface area contributed by atoms with Gasteiger partial charge in [0.15, 0.2) is 0 Å². The Morgan fingerprint density at radius 2 is 2.55 bits per heavy atom. The number of hydrogen-bond acceptors (Lipinski definition) is 4. The molecule has 1 atom stereocenters. The van der Waals surface area contributed by atoms with E-state index in [9.17, 15) is 0 Å². The van der Waals surface area contributed by atoms with Gasteiger partial charge in [-0.15, -0.1) is 0 Å². The summed E-state index contributed by atoms with van der Waals surface area (Å²) >= 11 is 3.14. The predicted octanol–water partition coefficient (Wildman–Crippen LogP) is 1.26. The van der Waals surface area contributed by atoms with Crippen molar-refractivity contribution in [3.8, 4) is 0 Å². The van der Waals surface area contributed by atoms with Crippen molar-refractivity contribution < 1.29 is 4.52 Å². The van der Waals surface area contributed by atoms with Crippen LogP contribution in [0.15, 0.2) is 9.26 Å². The van der Waals surface area contributed by atoms with Crippen molar-refractivity contribution in [2.45, 2.75) is 18.9 Å². The normalized spacial score (nSPS) is 24.3. The summed E-state index contributed by atoms with van der Waals surface area (Å²) in [6.45, 7) is 1.05. The molecular formula is C6H8BrN3O. The molecular weight excluding hydrogens is 210 g/mol. The van der Waals surface area contributed by atoms with E-state index >= 15 is 0 Å². The lowest BCUT2D eigenvalue weighted by molar-refractivity contribution is 0.342. The molecule has 2 heterocycles. The first kappa shape index (κ1) is 7.24. The minimum absolute atomic E-state index is 0.272. The molecule has 0 amide bonds. The summed E-state index contributed by atoms with van der Waals surface area (Å²) in [5.41, 5.74) is 0. The van der Waals surface area contributed by atoms with Crippen LogP contribution < -0.4 is 5.32 Å². The molecule has 1 aliphatic heterocycles. The Morgan fingerprint density at radius 3 is 3.09 bits per heavy atom. The maximum absolute atomic E-state index is 4.98. The van der Waals surface area contributed by atoms with Gasteiger partial charge in [0.1, 0.15) is 0 Å². The lowest BCUT2D eigenvalue weighted by Gasteiger charge is -2.00. The molecule has 1 aliphatic rings. The molecule has 60 valence electrons. The summed E-state index contributed by atoms with van der Waals surface area (Å²) in [5, 5.41) is 6.92. The average molecular weight is 218 g/mol. The number of hydrogen-bond donors (Lipinski definition) is 1. The van der Waals surface area contributed by atoms with E-state index < -0.39 is 0 Å². The average Bonchev–Trinajstić information content (AvgIpc) is 2.55. The van der Waals surface area contributed by atoms with Gasteiger partial charge >= 0.3 is 0 Å². The molecule has 1 saturated heterocycles. The molecule has 0 unspecified atom stereocenters. The number of nitrogens with one attached hydrogen (secondary N) is 1. The number of nitrogens with zero attached hydrogens (tertiary/aromatic N) is 2. The minimum Gasteiger partial charge on any atom is -0.337 e. The Labute approximate surface area is 72.5 Å². The molecule has 0 radical (unpaired) electrons. The van der Waals surface area contributed by atoms with E-state index in [1.54, 1.807) is 0 Å². The van der Waals surface area contributed by atoms with E-state index in [0.717, 1.165) is 13.0 Å². The van der Waals surface area contributed by atoms with Crippen molar-refractivity contribution in [1.82, 2.24) is 15.5 Å². The predicted molar refractivity (Wildman–Crippen MR) is 42.0 cm³/mol. The summed E-state index contributed by atoms with van der Waals surface area (Å²) in [5.74, 6) is 0.689. The van der Waals surface area contributed by atoms with Crippen LogP contribution in [0, 0.1) is 0 Å². The number of aromatic nitrogens is 2. The van der Waals surface area contributed by atoms with Gasteiger partial charge in [-0.05, 0) is 40.5 Å². The van der Waals surface area contributed by atoms with Crippen molar-refractivity contribution >= 4 is 15.9 Å². The fraction of sp³-hybridized carbons (Fsp3) is 0.667. The van der Waals surface area contributed by atoms with Gasteiger partial charge < -0.3 is 9.84 Å². The Balaban J connectivity index is 2.15. The molecule has 5 heteroatoms. The first-order valence-corrected chi connectivity index (χ1v) is 4.38. The molecule has 1 aromatic heterocycles. The van der Waals surface area contributed by atoms with Crippen LogP contribution in [-0.2, 0) is 0 Å². The maximum atomic E-state index is 4.98. The van der Waals surface area contributed by atoms with Crippen LogP contribution in [-0.4, -0.2) is 16.7 Å². The van der Waals surface area contributed by atoms with E-state index in [-0.39, 0.29) is 6.04 Å². The van der Waals surface area contributed by atoms with E-state index in [2.05, 4.69) is 31.4 Å². The van der Waals surface area contributed by atoms with Gasteiger partial charge in [0.2, 0.25) is 10.6 Å².